The molecule has 1 aromatic rings. The molecule has 2 rings (SSSR count). The molecule has 0 bridgehead atoms. The van der Waals surface area contributed by atoms with E-state index in [-0.39, 0.29) is 17.1 Å². The summed E-state index contributed by atoms with van der Waals surface area (Å²) in [5.74, 6) is 0.825. The molecule has 0 aliphatic heterocycles. The first kappa shape index (κ1) is 17.0. The molecule has 0 atom stereocenters. The summed E-state index contributed by atoms with van der Waals surface area (Å²) in [6, 6.07) is 4.88. The predicted octanol–water partition coefficient (Wildman–Crippen LogP) is 2.57. The van der Waals surface area contributed by atoms with Gasteiger partial charge in [0.25, 0.3) is 5.91 Å². The van der Waals surface area contributed by atoms with Crippen molar-refractivity contribution in [2.45, 2.75) is 33.1 Å². The van der Waals surface area contributed by atoms with Gasteiger partial charge >= 0.3 is 0 Å². The van der Waals surface area contributed by atoms with Crippen LogP contribution in [0.5, 0.6) is 11.5 Å². The highest BCUT2D eigenvalue weighted by atomic mass is 16.5. The number of rotatable bonds is 4. The van der Waals surface area contributed by atoms with Gasteiger partial charge in [0, 0.05) is 24.1 Å². The molecule has 0 unspecified atom stereocenters. The Bertz CT molecular complexity index is 650. The Labute approximate surface area is 135 Å². The van der Waals surface area contributed by atoms with Crippen molar-refractivity contribution in [3.8, 4) is 11.5 Å². The molecule has 6 heteroatoms. The summed E-state index contributed by atoms with van der Waals surface area (Å²) in [5.41, 5.74) is 3.53. The Balaban J connectivity index is 2.10. The number of carbonyl (C=O) groups excluding carboxylic acids is 2. The van der Waals surface area contributed by atoms with E-state index in [2.05, 4.69) is 10.5 Å². The lowest BCUT2D eigenvalue weighted by Crippen LogP contribution is -2.31. The van der Waals surface area contributed by atoms with Crippen molar-refractivity contribution in [3.05, 3.63) is 23.8 Å². The maximum atomic E-state index is 12.2. The average Bonchev–Trinajstić information content (AvgIpc) is 2.50. The molecule has 0 aromatic heterocycles. The highest BCUT2D eigenvalue weighted by Crippen LogP contribution is 2.31. The number of hydrogen-bond donors (Lipinski definition) is 1. The van der Waals surface area contributed by atoms with Crippen LogP contribution in [0.4, 0.5) is 0 Å². The van der Waals surface area contributed by atoms with Crippen LogP contribution in [-0.2, 0) is 4.79 Å². The molecule has 0 saturated heterocycles. The number of nitrogens with one attached hydrogen (secondary N) is 1. The van der Waals surface area contributed by atoms with Crippen molar-refractivity contribution < 1.29 is 19.1 Å². The van der Waals surface area contributed by atoms with Gasteiger partial charge in [-0.1, -0.05) is 13.8 Å². The number of Topliss-reactive ketones (excluding diaryl/α,β-unsaturated/α-hetero) is 1. The molecular weight excluding hydrogens is 296 g/mol. The Hall–Kier alpha value is -2.37. The first-order valence-electron chi connectivity index (χ1n) is 7.44. The zero-order chi connectivity index (χ0) is 17.0. The van der Waals surface area contributed by atoms with Gasteiger partial charge in [-0.3, -0.25) is 9.59 Å². The molecule has 1 fully saturated rings. The van der Waals surface area contributed by atoms with Gasteiger partial charge in [0.1, 0.15) is 5.78 Å². The van der Waals surface area contributed by atoms with Gasteiger partial charge < -0.3 is 9.47 Å². The van der Waals surface area contributed by atoms with Gasteiger partial charge in [-0.15, -0.1) is 0 Å². The molecule has 0 radical (unpaired) electrons. The Kier molecular flexibility index (Phi) is 5.03. The monoisotopic (exact) mass is 318 g/mol. The maximum absolute atomic E-state index is 12.2. The molecule has 1 saturated carbocycles. The number of hydrazone groups is 1. The lowest BCUT2D eigenvalue weighted by atomic mass is 9.76. The smallest absolute Gasteiger partial charge is 0.271 e. The Morgan fingerprint density at radius 3 is 2.48 bits per heavy atom. The van der Waals surface area contributed by atoms with Crippen molar-refractivity contribution in [2.75, 3.05) is 14.2 Å². The van der Waals surface area contributed by atoms with E-state index in [9.17, 15) is 9.59 Å². The second-order valence-corrected chi connectivity index (χ2v) is 6.42. The van der Waals surface area contributed by atoms with E-state index < -0.39 is 0 Å². The third kappa shape index (κ3) is 4.31. The van der Waals surface area contributed by atoms with Crippen LogP contribution in [0.15, 0.2) is 23.3 Å². The third-order valence-electron chi connectivity index (χ3n) is 3.72. The predicted molar refractivity (Wildman–Crippen MR) is 87.1 cm³/mol. The lowest BCUT2D eigenvalue weighted by Gasteiger charge is -2.29. The zero-order valence-electron chi connectivity index (χ0n) is 13.9. The van der Waals surface area contributed by atoms with Crippen molar-refractivity contribution in [2.24, 2.45) is 10.5 Å². The van der Waals surface area contributed by atoms with E-state index in [4.69, 9.17) is 9.47 Å². The number of ketones is 1. The molecule has 23 heavy (non-hydrogen) atoms. The van der Waals surface area contributed by atoms with E-state index >= 15 is 0 Å². The molecule has 1 N–H and O–H groups in total. The van der Waals surface area contributed by atoms with E-state index in [1.54, 1.807) is 18.2 Å². The number of hydrogen-bond acceptors (Lipinski definition) is 5. The van der Waals surface area contributed by atoms with Crippen LogP contribution < -0.4 is 14.9 Å². The van der Waals surface area contributed by atoms with Crippen LogP contribution in [-0.4, -0.2) is 31.6 Å². The van der Waals surface area contributed by atoms with Gasteiger partial charge in [-0.25, -0.2) is 5.43 Å². The molecule has 1 aliphatic rings. The van der Waals surface area contributed by atoms with Crippen LogP contribution in [0.1, 0.15) is 43.5 Å². The summed E-state index contributed by atoms with van der Waals surface area (Å²) < 4.78 is 10.3. The van der Waals surface area contributed by atoms with Crippen molar-refractivity contribution in [1.82, 2.24) is 5.43 Å². The summed E-state index contributed by atoms with van der Waals surface area (Å²) in [6.07, 6.45) is 1.55. The second kappa shape index (κ2) is 6.81. The standard InChI is InChI=1S/C17H22N2O4/c1-17(2)9-12(8-13(20)10-17)18-19-16(21)11-5-6-14(22-3)15(7-11)23-4/h5-7H,8-10H2,1-4H3,(H,19,21)/b18-12+. The van der Waals surface area contributed by atoms with Crippen molar-refractivity contribution >= 4 is 17.4 Å². The number of ether oxygens (including phenoxy) is 2. The number of nitrogens with zero attached hydrogens (tertiary/aromatic N) is 1. The molecule has 0 spiro atoms. The fourth-order valence-corrected chi connectivity index (χ4v) is 2.75. The lowest BCUT2D eigenvalue weighted by molar-refractivity contribution is -0.120. The Morgan fingerprint density at radius 1 is 1.17 bits per heavy atom. The second-order valence-electron chi connectivity index (χ2n) is 6.42. The summed E-state index contributed by atoms with van der Waals surface area (Å²) in [5, 5.41) is 4.13. The highest BCUT2D eigenvalue weighted by molar-refractivity contribution is 6.05. The van der Waals surface area contributed by atoms with Gasteiger partial charge in [-0.05, 0) is 30.0 Å². The van der Waals surface area contributed by atoms with Crippen LogP contribution in [0, 0.1) is 5.41 Å². The van der Waals surface area contributed by atoms with E-state index in [1.807, 2.05) is 13.8 Å². The number of methoxy groups -OCH3 is 2. The zero-order valence-corrected chi connectivity index (χ0v) is 13.9. The molecular formula is C17H22N2O4. The largest absolute Gasteiger partial charge is 0.493 e. The number of benzene rings is 1. The number of carbonyl (C=O) groups is 2. The highest BCUT2D eigenvalue weighted by Gasteiger charge is 2.30. The van der Waals surface area contributed by atoms with Crippen molar-refractivity contribution in [1.29, 1.82) is 0 Å². The molecule has 124 valence electrons. The Morgan fingerprint density at radius 2 is 1.87 bits per heavy atom. The van der Waals surface area contributed by atoms with Gasteiger partial charge in [-0.2, -0.15) is 5.10 Å². The first-order valence-corrected chi connectivity index (χ1v) is 7.44. The van der Waals surface area contributed by atoms with Crippen molar-refractivity contribution in [3.63, 3.8) is 0 Å². The first-order chi connectivity index (χ1) is 10.8. The fraction of sp³-hybridized carbons (Fsp3) is 0.471. The van der Waals surface area contributed by atoms with E-state index in [0.29, 0.717) is 42.0 Å². The summed E-state index contributed by atoms with van der Waals surface area (Å²) in [7, 11) is 3.04. The van der Waals surface area contributed by atoms with Gasteiger partial charge in [0.15, 0.2) is 11.5 Å². The van der Waals surface area contributed by atoms with Crippen LogP contribution in [0.25, 0.3) is 0 Å². The maximum Gasteiger partial charge on any atom is 0.271 e. The molecule has 6 nitrogen and oxygen atoms in total. The normalized spacial score (nSPS) is 18.6. The molecule has 1 aliphatic carbocycles. The quantitative estimate of drug-likeness (QED) is 0.866. The minimum absolute atomic E-state index is 0.109. The topological polar surface area (TPSA) is 77.0 Å². The third-order valence-corrected chi connectivity index (χ3v) is 3.72. The summed E-state index contributed by atoms with van der Waals surface area (Å²) >= 11 is 0. The van der Waals surface area contributed by atoms with E-state index in [0.717, 1.165) is 0 Å². The molecule has 0 heterocycles. The number of amides is 1. The van der Waals surface area contributed by atoms with Gasteiger partial charge in [0.05, 0.1) is 14.2 Å². The average molecular weight is 318 g/mol. The fourth-order valence-electron chi connectivity index (χ4n) is 2.75. The molecule has 1 amide bonds. The summed E-state index contributed by atoms with van der Waals surface area (Å²) in [4.78, 5) is 23.9. The minimum atomic E-state index is -0.353. The van der Waals surface area contributed by atoms with Crippen LogP contribution in [0.2, 0.25) is 0 Å². The summed E-state index contributed by atoms with van der Waals surface area (Å²) in [6.45, 7) is 4.05. The van der Waals surface area contributed by atoms with Crippen LogP contribution >= 0.6 is 0 Å². The van der Waals surface area contributed by atoms with E-state index in [1.165, 1.54) is 14.2 Å². The SMILES string of the molecule is COc1ccc(C(=O)N/N=C2\CC(=O)CC(C)(C)C2)cc1OC. The molecule has 1 aromatic carbocycles. The van der Waals surface area contributed by atoms with Gasteiger partial charge in [0.2, 0.25) is 0 Å². The minimum Gasteiger partial charge on any atom is -0.493 e. The van der Waals surface area contributed by atoms with Crippen LogP contribution in [0.3, 0.4) is 0 Å².